The number of amides is 2. The van der Waals surface area contributed by atoms with Crippen LogP contribution in [0.3, 0.4) is 0 Å². The first-order valence-corrected chi connectivity index (χ1v) is 9.36. The number of carbonyl (C=O) groups excluding carboxylic acids is 2. The van der Waals surface area contributed by atoms with Crippen molar-refractivity contribution in [2.24, 2.45) is 5.92 Å². The molecule has 1 aliphatic heterocycles. The standard InChI is InChI=1S/C18H18F3N3O2S/c19-18(20,21)11-22-15(25)12-6-8-24(9-7-12)17(26)14-10-27-16(23-14)13-4-2-1-3-5-13/h1-5,10,12H,6-9,11H2,(H,22,25). The largest absolute Gasteiger partial charge is 0.405 e. The molecule has 5 nitrogen and oxygen atoms in total. The molecule has 1 saturated heterocycles. The zero-order chi connectivity index (χ0) is 19.4. The number of hydrogen-bond donors (Lipinski definition) is 1. The number of rotatable bonds is 4. The Morgan fingerprint density at radius 1 is 1.19 bits per heavy atom. The summed E-state index contributed by atoms with van der Waals surface area (Å²) in [6.07, 6.45) is -3.75. The van der Waals surface area contributed by atoms with Crippen molar-refractivity contribution in [2.75, 3.05) is 19.6 Å². The van der Waals surface area contributed by atoms with Crippen LogP contribution in [0.5, 0.6) is 0 Å². The van der Waals surface area contributed by atoms with Crippen LogP contribution in [0, 0.1) is 5.92 Å². The Morgan fingerprint density at radius 2 is 1.85 bits per heavy atom. The third-order valence-electron chi connectivity index (χ3n) is 4.36. The van der Waals surface area contributed by atoms with E-state index in [1.54, 1.807) is 10.3 Å². The van der Waals surface area contributed by atoms with Crippen LogP contribution in [-0.2, 0) is 4.79 Å². The van der Waals surface area contributed by atoms with Gasteiger partial charge in [0.1, 0.15) is 17.2 Å². The van der Waals surface area contributed by atoms with Crippen molar-refractivity contribution in [3.05, 3.63) is 41.4 Å². The highest BCUT2D eigenvalue weighted by atomic mass is 32.1. The molecule has 2 amide bonds. The molecule has 1 aromatic carbocycles. The molecule has 0 radical (unpaired) electrons. The van der Waals surface area contributed by atoms with Gasteiger partial charge < -0.3 is 10.2 Å². The molecule has 144 valence electrons. The molecule has 0 aliphatic carbocycles. The van der Waals surface area contributed by atoms with E-state index >= 15 is 0 Å². The van der Waals surface area contributed by atoms with E-state index in [2.05, 4.69) is 4.98 Å². The smallest absolute Gasteiger partial charge is 0.347 e. The summed E-state index contributed by atoms with van der Waals surface area (Å²) in [5.41, 5.74) is 1.28. The van der Waals surface area contributed by atoms with Crippen LogP contribution in [0.1, 0.15) is 23.3 Å². The third kappa shape index (κ3) is 5.06. The SMILES string of the molecule is O=C(NCC(F)(F)F)C1CCN(C(=O)c2csc(-c3ccccc3)n2)CC1. The minimum absolute atomic E-state index is 0.220. The van der Waals surface area contributed by atoms with Gasteiger partial charge in [-0.1, -0.05) is 30.3 Å². The summed E-state index contributed by atoms with van der Waals surface area (Å²) in [6, 6.07) is 9.52. The maximum Gasteiger partial charge on any atom is 0.405 e. The Morgan fingerprint density at radius 3 is 2.48 bits per heavy atom. The quantitative estimate of drug-likeness (QED) is 0.861. The van der Waals surface area contributed by atoms with Gasteiger partial charge in [-0.2, -0.15) is 13.2 Å². The first-order chi connectivity index (χ1) is 12.8. The van der Waals surface area contributed by atoms with Crippen LogP contribution in [0.25, 0.3) is 10.6 Å². The Hall–Kier alpha value is -2.42. The Labute approximate surface area is 158 Å². The first-order valence-electron chi connectivity index (χ1n) is 8.48. The number of piperidine rings is 1. The maximum absolute atomic E-state index is 12.6. The second-order valence-electron chi connectivity index (χ2n) is 6.30. The molecule has 2 aromatic rings. The van der Waals surface area contributed by atoms with Gasteiger partial charge in [0.15, 0.2) is 0 Å². The zero-order valence-corrected chi connectivity index (χ0v) is 15.1. The van der Waals surface area contributed by atoms with E-state index in [0.717, 1.165) is 10.6 Å². The minimum atomic E-state index is -4.42. The van der Waals surface area contributed by atoms with Crippen LogP contribution < -0.4 is 5.32 Å². The van der Waals surface area contributed by atoms with Crippen LogP contribution in [0.2, 0.25) is 0 Å². The summed E-state index contributed by atoms with van der Waals surface area (Å²) < 4.78 is 36.6. The molecule has 9 heteroatoms. The van der Waals surface area contributed by atoms with Gasteiger partial charge in [-0.05, 0) is 12.8 Å². The zero-order valence-electron chi connectivity index (χ0n) is 14.3. The Balaban J connectivity index is 1.54. The molecule has 0 unspecified atom stereocenters. The number of nitrogens with zero attached hydrogens (tertiary/aromatic N) is 2. The second kappa shape index (κ2) is 8.08. The number of carbonyl (C=O) groups is 2. The maximum atomic E-state index is 12.6. The van der Waals surface area contributed by atoms with Crippen molar-refractivity contribution in [1.82, 2.24) is 15.2 Å². The van der Waals surface area contributed by atoms with Gasteiger partial charge in [-0.25, -0.2) is 4.98 Å². The molecule has 2 heterocycles. The van der Waals surface area contributed by atoms with Gasteiger partial charge in [0.05, 0.1) is 0 Å². The third-order valence-corrected chi connectivity index (χ3v) is 5.25. The van der Waals surface area contributed by atoms with Crippen LogP contribution in [-0.4, -0.2) is 47.5 Å². The number of halogens is 3. The molecule has 0 bridgehead atoms. The molecule has 1 fully saturated rings. The summed E-state index contributed by atoms with van der Waals surface area (Å²) in [7, 11) is 0. The molecular formula is C18H18F3N3O2S. The molecule has 1 aliphatic rings. The fourth-order valence-electron chi connectivity index (χ4n) is 2.92. The molecule has 3 rings (SSSR count). The number of nitrogens with one attached hydrogen (secondary N) is 1. The summed E-state index contributed by atoms with van der Waals surface area (Å²) in [6.45, 7) is -0.686. The van der Waals surface area contributed by atoms with Gasteiger partial charge in [-0.3, -0.25) is 9.59 Å². The van der Waals surface area contributed by atoms with E-state index in [4.69, 9.17) is 0 Å². The predicted octanol–water partition coefficient (Wildman–Crippen LogP) is 3.34. The molecule has 27 heavy (non-hydrogen) atoms. The number of hydrogen-bond acceptors (Lipinski definition) is 4. The summed E-state index contributed by atoms with van der Waals surface area (Å²) in [5, 5.41) is 4.36. The van der Waals surface area contributed by atoms with Crippen molar-refractivity contribution in [3.63, 3.8) is 0 Å². The van der Waals surface area contributed by atoms with Gasteiger partial charge >= 0.3 is 6.18 Å². The number of thiazole rings is 1. The molecular weight excluding hydrogens is 379 g/mol. The van der Waals surface area contributed by atoms with Gasteiger partial charge in [-0.15, -0.1) is 11.3 Å². The van der Waals surface area contributed by atoms with Crippen LogP contribution >= 0.6 is 11.3 Å². The lowest BCUT2D eigenvalue weighted by Crippen LogP contribution is -2.44. The topological polar surface area (TPSA) is 62.3 Å². The van der Waals surface area contributed by atoms with Crippen LogP contribution in [0.15, 0.2) is 35.7 Å². The average Bonchev–Trinajstić information content (AvgIpc) is 3.16. The van der Waals surface area contributed by atoms with Crippen molar-refractivity contribution in [3.8, 4) is 10.6 Å². The van der Waals surface area contributed by atoms with E-state index < -0.39 is 24.5 Å². The van der Waals surface area contributed by atoms with Crippen molar-refractivity contribution < 1.29 is 22.8 Å². The number of benzene rings is 1. The predicted molar refractivity (Wildman–Crippen MR) is 95.2 cm³/mol. The van der Waals surface area contributed by atoms with Crippen molar-refractivity contribution >= 4 is 23.2 Å². The lowest BCUT2D eigenvalue weighted by molar-refractivity contribution is -0.141. The first kappa shape index (κ1) is 19.3. The minimum Gasteiger partial charge on any atom is -0.347 e. The molecule has 1 N–H and O–H groups in total. The normalized spacial score (nSPS) is 15.6. The molecule has 1 aromatic heterocycles. The summed E-state index contributed by atoms with van der Waals surface area (Å²) >= 11 is 1.38. The number of alkyl halides is 3. The van der Waals surface area contributed by atoms with E-state index in [1.807, 2.05) is 35.6 Å². The van der Waals surface area contributed by atoms with E-state index in [1.165, 1.54) is 11.3 Å². The van der Waals surface area contributed by atoms with Gasteiger partial charge in [0.2, 0.25) is 5.91 Å². The van der Waals surface area contributed by atoms with Gasteiger partial charge in [0, 0.05) is 30.0 Å². The fourth-order valence-corrected chi connectivity index (χ4v) is 3.72. The van der Waals surface area contributed by atoms with E-state index in [9.17, 15) is 22.8 Å². The highest BCUT2D eigenvalue weighted by Gasteiger charge is 2.32. The summed E-state index contributed by atoms with van der Waals surface area (Å²) in [5.74, 6) is -1.34. The van der Waals surface area contributed by atoms with Crippen LogP contribution in [0.4, 0.5) is 13.2 Å². The lowest BCUT2D eigenvalue weighted by Gasteiger charge is -2.31. The molecule has 0 atom stereocenters. The van der Waals surface area contributed by atoms with E-state index in [0.29, 0.717) is 31.6 Å². The Kier molecular flexibility index (Phi) is 5.79. The second-order valence-corrected chi connectivity index (χ2v) is 7.16. The average molecular weight is 397 g/mol. The lowest BCUT2D eigenvalue weighted by atomic mass is 9.95. The monoisotopic (exact) mass is 397 g/mol. The van der Waals surface area contributed by atoms with E-state index in [-0.39, 0.29) is 5.91 Å². The fraction of sp³-hybridized carbons (Fsp3) is 0.389. The highest BCUT2D eigenvalue weighted by Crippen LogP contribution is 2.25. The number of likely N-dealkylation sites (tertiary alicyclic amines) is 1. The van der Waals surface area contributed by atoms with Gasteiger partial charge in [0.25, 0.3) is 5.91 Å². The highest BCUT2D eigenvalue weighted by molar-refractivity contribution is 7.13. The van der Waals surface area contributed by atoms with Crippen molar-refractivity contribution in [2.45, 2.75) is 19.0 Å². The number of aromatic nitrogens is 1. The molecule has 0 spiro atoms. The summed E-state index contributed by atoms with van der Waals surface area (Å²) in [4.78, 5) is 30.4. The Bertz CT molecular complexity index is 800. The molecule has 0 saturated carbocycles. The van der Waals surface area contributed by atoms with Crippen molar-refractivity contribution in [1.29, 1.82) is 0 Å².